The summed E-state index contributed by atoms with van der Waals surface area (Å²) < 4.78 is 27.1. The van der Waals surface area contributed by atoms with Crippen LogP contribution < -0.4 is 5.43 Å². The number of epoxide rings is 1. The highest BCUT2D eigenvalue weighted by Gasteiger charge is 2.55. The fourth-order valence-corrected chi connectivity index (χ4v) is 5.19. The number of rotatable bonds is 6. The molecule has 3 aromatic rings. The minimum atomic E-state index is -0.709. The number of piperazine rings is 1. The molecule has 4 heterocycles. The number of ether oxygens (including phenoxy) is 2. The number of fused-ring (bicyclic) bond motifs is 1. The van der Waals surface area contributed by atoms with Crippen LogP contribution in [0.2, 0.25) is 0 Å². The normalized spacial score (nSPS) is 25.3. The summed E-state index contributed by atoms with van der Waals surface area (Å²) >= 11 is 0. The first-order valence-corrected chi connectivity index (χ1v) is 12.6. The lowest BCUT2D eigenvalue weighted by Crippen LogP contribution is -2.58. The number of benzene rings is 2. The third kappa shape index (κ3) is 4.66. The molecular formula is C28H30FN5O3. The number of hydrogen-bond donors (Lipinski definition) is 1. The van der Waals surface area contributed by atoms with Gasteiger partial charge in [0.2, 0.25) is 0 Å². The third-order valence-electron chi connectivity index (χ3n) is 7.25. The lowest BCUT2D eigenvalue weighted by molar-refractivity contribution is -0.179. The van der Waals surface area contributed by atoms with Crippen LogP contribution in [0.5, 0.6) is 0 Å². The topological polar surface area (TPSA) is 75.2 Å². The van der Waals surface area contributed by atoms with Crippen molar-refractivity contribution in [3.63, 3.8) is 0 Å². The molecule has 8 nitrogen and oxygen atoms in total. The summed E-state index contributed by atoms with van der Waals surface area (Å²) in [7, 11) is 0. The van der Waals surface area contributed by atoms with Crippen molar-refractivity contribution in [3.05, 3.63) is 95.3 Å². The average Bonchev–Trinajstić information content (AvgIpc) is 3.57. The minimum absolute atomic E-state index is 0.0656. The average molecular weight is 504 g/mol. The molecule has 9 heteroatoms. The maximum atomic E-state index is 13.4. The van der Waals surface area contributed by atoms with Gasteiger partial charge in [0.25, 0.3) is 11.8 Å². The predicted octanol–water partition coefficient (Wildman–Crippen LogP) is 3.77. The first-order valence-electron chi connectivity index (χ1n) is 12.6. The molecule has 0 bridgehead atoms. The Bertz CT molecular complexity index is 1320. The van der Waals surface area contributed by atoms with Gasteiger partial charge in [-0.05, 0) is 48.8 Å². The molecule has 192 valence electrons. The smallest absolute Gasteiger partial charge is 0.274 e. The van der Waals surface area contributed by atoms with Gasteiger partial charge >= 0.3 is 0 Å². The molecule has 3 unspecified atom stereocenters. The second-order valence-corrected chi connectivity index (χ2v) is 9.90. The molecule has 6 rings (SSSR count). The second kappa shape index (κ2) is 9.41. The van der Waals surface area contributed by atoms with E-state index in [9.17, 15) is 9.18 Å². The summed E-state index contributed by atoms with van der Waals surface area (Å²) in [6, 6.07) is 16.4. The van der Waals surface area contributed by atoms with Crippen LogP contribution in [0.25, 0.3) is 5.57 Å². The number of nitrogens with one attached hydrogen (secondary N) is 1. The molecule has 1 aromatic heterocycles. The van der Waals surface area contributed by atoms with Gasteiger partial charge in [0.1, 0.15) is 18.1 Å². The second-order valence-electron chi connectivity index (χ2n) is 9.90. The van der Waals surface area contributed by atoms with Crippen LogP contribution in [0, 0.1) is 5.82 Å². The Morgan fingerprint density at radius 2 is 1.95 bits per heavy atom. The molecule has 3 atom stereocenters. The Kier molecular flexibility index (Phi) is 6.06. The van der Waals surface area contributed by atoms with Gasteiger partial charge in [-0.3, -0.25) is 4.79 Å². The molecule has 0 radical (unpaired) electrons. The van der Waals surface area contributed by atoms with Crippen LogP contribution in [0.4, 0.5) is 4.39 Å². The van der Waals surface area contributed by atoms with Crippen LogP contribution in [-0.2, 0) is 16.1 Å². The number of imidazole rings is 1. The molecule has 1 amide bonds. The van der Waals surface area contributed by atoms with Gasteiger partial charge in [-0.1, -0.05) is 42.5 Å². The van der Waals surface area contributed by atoms with E-state index in [1.54, 1.807) is 23.0 Å². The fourth-order valence-electron chi connectivity index (χ4n) is 5.19. The lowest BCUT2D eigenvalue weighted by Gasteiger charge is -2.42. The van der Waals surface area contributed by atoms with Crippen LogP contribution in [-0.4, -0.2) is 63.6 Å². The van der Waals surface area contributed by atoms with Gasteiger partial charge in [-0.2, -0.15) is 0 Å². The van der Waals surface area contributed by atoms with E-state index in [4.69, 9.17) is 9.47 Å². The van der Waals surface area contributed by atoms with Crippen LogP contribution in [0.3, 0.4) is 0 Å². The number of halogens is 1. The van der Waals surface area contributed by atoms with Gasteiger partial charge < -0.3 is 19.8 Å². The van der Waals surface area contributed by atoms with Crippen LogP contribution in [0.1, 0.15) is 47.3 Å². The van der Waals surface area contributed by atoms with E-state index >= 15 is 0 Å². The van der Waals surface area contributed by atoms with Crippen LogP contribution in [0.15, 0.2) is 66.9 Å². The SMILES string of the molecule is CC1=CC(c2ccc(F)cc2)Nn2cc(C(=O)N3CCN(C4(OCc5ccccc5)CO4)C(C)C3)nc21. The molecule has 3 aliphatic rings. The van der Waals surface area contributed by atoms with E-state index in [-0.39, 0.29) is 23.8 Å². The van der Waals surface area contributed by atoms with Crippen molar-refractivity contribution in [1.82, 2.24) is 19.5 Å². The number of allylic oxidation sites excluding steroid dienone is 1. The molecule has 2 fully saturated rings. The molecule has 2 saturated heterocycles. The highest BCUT2D eigenvalue weighted by atomic mass is 19.1. The van der Waals surface area contributed by atoms with Gasteiger partial charge in [-0.15, -0.1) is 0 Å². The van der Waals surface area contributed by atoms with Crippen molar-refractivity contribution >= 4 is 11.5 Å². The Morgan fingerprint density at radius 1 is 1.19 bits per heavy atom. The van der Waals surface area contributed by atoms with E-state index in [1.165, 1.54) is 12.1 Å². The van der Waals surface area contributed by atoms with Gasteiger partial charge in [0, 0.05) is 25.7 Å². The number of carbonyl (C=O) groups is 1. The standard InChI is InChI=1S/C28H30FN5O3/c1-19-14-24(22-8-10-23(29)11-9-22)31-34-16-25(30-26(19)34)27(35)32-12-13-33(20(2)15-32)28(18-37-28)36-17-21-6-4-3-5-7-21/h3-11,14,16,20,24,31H,12-13,15,17-18H2,1-2H3. The lowest BCUT2D eigenvalue weighted by atomic mass is 10.0. The molecule has 2 aromatic carbocycles. The van der Waals surface area contributed by atoms with Crippen molar-refractivity contribution in [2.24, 2.45) is 0 Å². The van der Waals surface area contributed by atoms with E-state index < -0.39 is 5.91 Å². The van der Waals surface area contributed by atoms with Crippen molar-refractivity contribution in [2.45, 2.75) is 38.4 Å². The number of aromatic nitrogens is 2. The maximum Gasteiger partial charge on any atom is 0.274 e. The summed E-state index contributed by atoms with van der Waals surface area (Å²) in [6.45, 7) is 6.83. The fraction of sp³-hybridized carbons (Fsp3) is 0.357. The predicted molar refractivity (Wildman–Crippen MR) is 136 cm³/mol. The largest absolute Gasteiger partial charge is 0.334 e. The quantitative estimate of drug-likeness (QED) is 0.517. The van der Waals surface area contributed by atoms with E-state index in [0.29, 0.717) is 44.4 Å². The minimum Gasteiger partial charge on any atom is -0.334 e. The maximum absolute atomic E-state index is 13.4. The summed E-state index contributed by atoms with van der Waals surface area (Å²) in [4.78, 5) is 22.1. The van der Waals surface area contributed by atoms with Crippen LogP contribution >= 0.6 is 0 Å². The molecule has 0 saturated carbocycles. The molecule has 3 aliphatic heterocycles. The summed E-state index contributed by atoms with van der Waals surface area (Å²) in [5, 5.41) is 0. The molecule has 0 aliphatic carbocycles. The zero-order valence-electron chi connectivity index (χ0n) is 20.9. The van der Waals surface area contributed by atoms with E-state index in [0.717, 1.165) is 16.7 Å². The molecule has 0 spiro atoms. The van der Waals surface area contributed by atoms with Crippen molar-refractivity contribution in [2.75, 3.05) is 31.7 Å². The monoisotopic (exact) mass is 503 g/mol. The Hall–Kier alpha value is -3.53. The highest BCUT2D eigenvalue weighted by Crippen LogP contribution is 2.37. The Labute approximate surface area is 215 Å². The molecular weight excluding hydrogens is 473 g/mol. The zero-order chi connectivity index (χ0) is 25.6. The summed E-state index contributed by atoms with van der Waals surface area (Å²) in [5.41, 5.74) is 6.74. The molecule has 37 heavy (non-hydrogen) atoms. The van der Waals surface area contributed by atoms with Gasteiger partial charge in [0.15, 0.2) is 5.82 Å². The molecule has 1 N–H and O–H groups in total. The van der Waals surface area contributed by atoms with Gasteiger partial charge in [-0.25, -0.2) is 19.0 Å². The van der Waals surface area contributed by atoms with Crippen molar-refractivity contribution in [3.8, 4) is 0 Å². The zero-order valence-corrected chi connectivity index (χ0v) is 20.9. The number of nitrogens with zero attached hydrogens (tertiary/aromatic N) is 4. The van der Waals surface area contributed by atoms with Gasteiger partial charge in [0.05, 0.1) is 18.8 Å². The first kappa shape index (κ1) is 23.8. The number of hydrogen-bond acceptors (Lipinski definition) is 6. The number of carbonyl (C=O) groups excluding carboxylic acids is 1. The third-order valence-corrected chi connectivity index (χ3v) is 7.25. The highest BCUT2D eigenvalue weighted by molar-refractivity contribution is 5.93. The summed E-state index contributed by atoms with van der Waals surface area (Å²) in [6.07, 6.45) is 3.78. The van der Waals surface area contributed by atoms with Crippen molar-refractivity contribution < 1.29 is 18.7 Å². The first-order chi connectivity index (χ1) is 17.9. The summed E-state index contributed by atoms with van der Waals surface area (Å²) in [5.74, 6) is -0.378. The van der Waals surface area contributed by atoms with E-state index in [2.05, 4.69) is 22.2 Å². The Balaban J connectivity index is 1.11. The number of amides is 1. The Morgan fingerprint density at radius 3 is 2.65 bits per heavy atom. The van der Waals surface area contributed by atoms with Crippen molar-refractivity contribution in [1.29, 1.82) is 0 Å². The van der Waals surface area contributed by atoms with E-state index in [1.807, 2.05) is 48.2 Å².